The van der Waals surface area contributed by atoms with Crippen LogP contribution >= 0.6 is 0 Å². The van der Waals surface area contributed by atoms with Gasteiger partial charge in [0, 0.05) is 45.7 Å². The van der Waals surface area contributed by atoms with Crippen molar-refractivity contribution in [2.45, 2.75) is 19.5 Å². The van der Waals surface area contributed by atoms with Gasteiger partial charge in [-0.15, -0.1) is 0 Å². The molecule has 0 aromatic carbocycles. The van der Waals surface area contributed by atoms with Gasteiger partial charge in [-0.3, -0.25) is 9.59 Å². The van der Waals surface area contributed by atoms with Gasteiger partial charge < -0.3 is 24.4 Å². The minimum Gasteiger partial charge on any atom is -0.375 e. The zero-order valence-corrected chi connectivity index (χ0v) is 14.2. The zero-order valence-electron chi connectivity index (χ0n) is 14.2. The lowest BCUT2D eigenvalue weighted by Gasteiger charge is -2.40. The second kappa shape index (κ2) is 7.56. The van der Waals surface area contributed by atoms with Crippen molar-refractivity contribution in [1.29, 1.82) is 0 Å². The Bertz CT molecular complexity index is 559. The number of carbonyl (C=O) groups is 2. The predicted molar refractivity (Wildman–Crippen MR) is 84.7 cm³/mol. The van der Waals surface area contributed by atoms with Gasteiger partial charge in [-0.2, -0.15) is 0 Å². The van der Waals surface area contributed by atoms with Crippen LogP contribution in [0.4, 0.5) is 0 Å². The first kappa shape index (κ1) is 17.4. The second-order valence-corrected chi connectivity index (χ2v) is 6.01. The molecule has 1 atom stereocenters. The van der Waals surface area contributed by atoms with Crippen molar-refractivity contribution in [3.8, 4) is 0 Å². The maximum Gasteiger partial charge on any atom is 0.249 e. The molecule has 0 unspecified atom stereocenters. The Balaban J connectivity index is 2.07. The summed E-state index contributed by atoms with van der Waals surface area (Å²) in [6, 6.07) is -0.488. The zero-order chi connectivity index (χ0) is 17.0. The number of hydrogen-bond acceptors (Lipinski definition) is 5. The average molecular weight is 323 g/mol. The van der Waals surface area contributed by atoms with Crippen LogP contribution in [-0.4, -0.2) is 90.0 Å². The number of rotatable bonds is 5. The summed E-state index contributed by atoms with van der Waals surface area (Å²) >= 11 is 0. The molecule has 2 amide bonds. The van der Waals surface area contributed by atoms with Gasteiger partial charge in [0.15, 0.2) is 0 Å². The molecule has 2 heterocycles. The molecule has 1 aromatic heterocycles. The Hall–Kier alpha value is -1.93. The lowest BCUT2D eigenvalue weighted by molar-refractivity contribution is -0.150. The number of ether oxygens (including phenoxy) is 1. The first-order valence-electron chi connectivity index (χ1n) is 7.64. The van der Waals surface area contributed by atoms with Crippen molar-refractivity contribution in [1.82, 2.24) is 24.7 Å². The Kier molecular flexibility index (Phi) is 5.73. The fourth-order valence-electron chi connectivity index (χ4n) is 2.74. The van der Waals surface area contributed by atoms with Gasteiger partial charge in [0.25, 0.3) is 0 Å². The third-order valence-corrected chi connectivity index (χ3v) is 3.98. The monoisotopic (exact) mass is 323 g/mol. The Morgan fingerprint density at radius 1 is 1.48 bits per heavy atom. The number of nitrogens with zero attached hydrogens (tertiary/aromatic N) is 4. The van der Waals surface area contributed by atoms with Crippen LogP contribution in [0.5, 0.6) is 0 Å². The summed E-state index contributed by atoms with van der Waals surface area (Å²) in [6.45, 7) is 4.10. The van der Waals surface area contributed by atoms with E-state index in [9.17, 15) is 9.59 Å². The SMILES string of the molecule is COCC(=O)N1CCN(C)C[C@@H]1C(=O)N(C)Cc1ncc(C)[nH]1. The van der Waals surface area contributed by atoms with Gasteiger partial charge in [0.1, 0.15) is 18.5 Å². The molecule has 1 N–H and O–H groups in total. The summed E-state index contributed by atoms with van der Waals surface area (Å²) < 4.78 is 4.93. The molecule has 1 aliphatic rings. The van der Waals surface area contributed by atoms with E-state index in [0.717, 1.165) is 18.1 Å². The van der Waals surface area contributed by atoms with E-state index in [4.69, 9.17) is 4.74 Å². The molecule has 0 saturated carbocycles. The fraction of sp³-hybridized carbons (Fsp3) is 0.667. The molecule has 8 heteroatoms. The van der Waals surface area contributed by atoms with Crippen molar-refractivity contribution < 1.29 is 14.3 Å². The molecule has 8 nitrogen and oxygen atoms in total. The quantitative estimate of drug-likeness (QED) is 0.787. The van der Waals surface area contributed by atoms with Crippen LogP contribution in [0.3, 0.4) is 0 Å². The van der Waals surface area contributed by atoms with E-state index in [1.54, 1.807) is 23.0 Å². The van der Waals surface area contributed by atoms with Crippen LogP contribution in [0.25, 0.3) is 0 Å². The number of piperazine rings is 1. The van der Waals surface area contributed by atoms with Gasteiger partial charge in [0.05, 0.1) is 6.54 Å². The largest absolute Gasteiger partial charge is 0.375 e. The van der Waals surface area contributed by atoms with Crippen LogP contribution < -0.4 is 0 Å². The molecule has 1 aromatic rings. The van der Waals surface area contributed by atoms with Crippen LogP contribution in [-0.2, 0) is 20.9 Å². The van der Waals surface area contributed by atoms with Gasteiger partial charge in [-0.25, -0.2) is 4.98 Å². The van der Waals surface area contributed by atoms with E-state index in [-0.39, 0.29) is 18.4 Å². The Morgan fingerprint density at radius 2 is 2.22 bits per heavy atom. The van der Waals surface area contributed by atoms with Crippen molar-refractivity contribution in [3.63, 3.8) is 0 Å². The lowest BCUT2D eigenvalue weighted by Crippen LogP contribution is -2.60. The number of aryl methyl sites for hydroxylation is 1. The predicted octanol–water partition coefficient (Wildman–Crippen LogP) is -0.534. The third kappa shape index (κ3) is 4.29. The minimum atomic E-state index is -0.488. The average Bonchev–Trinajstić information content (AvgIpc) is 2.91. The maximum atomic E-state index is 12.8. The number of carbonyl (C=O) groups excluding carboxylic acids is 2. The number of amides is 2. The van der Waals surface area contributed by atoms with Crippen molar-refractivity contribution in [3.05, 3.63) is 17.7 Å². The summed E-state index contributed by atoms with van der Waals surface area (Å²) in [5.41, 5.74) is 0.954. The standard InChI is InChI=1S/C15H25N5O3/c1-11-7-16-13(17-11)9-19(3)15(22)12-8-18(2)5-6-20(12)14(21)10-23-4/h7,12H,5-6,8-10H2,1-4H3,(H,16,17)/t12-/m1/s1. The summed E-state index contributed by atoms with van der Waals surface area (Å²) in [7, 11) is 5.16. The van der Waals surface area contributed by atoms with Crippen LogP contribution in [0, 0.1) is 6.92 Å². The van der Waals surface area contributed by atoms with E-state index >= 15 is 0 Å². The molecular formula is C15H25N5O3. The summed E-state index contributed by atoms with van der Waals surface area (Å²) in [5.74, 6) is 0.494. The van der Waals surface area contributed by atoms with Crippen molar-refractivity contribution in [2.75, 3.05) is 47.4 Å². The number of likely N-dealkylation sites (N-methyl/N-ethyl adjacent to an activating group) is 2. The highest BCUT2D eigenvalue weighted by atomic mass is 16.5. The molecule has 0 radical (unpaired) electrons. The summed E-state index contributed by atoms with van der Waals surface area (Å²) in [5, 5.41) is 0. The van der Waals surface area contributed by atoms with Gasteiger partial charge in [-0.05, 0) is 14.0 Å². The van der Waals surface area contributed by atoms with E-state index in [1.807, 2.05) is 14.0 Å². The van der Waals surface area contributed by atoms with Gasteiger partial charge in [0.2, 0.25) is 11.8 Å². The highest BCUT2D eigenvalue weighted by Gasteiger charge is 2.35. The minimum absolute atomic E-state index is 0.00537. The van der Waals surface area contributed by atoms with Gasteiger partial charge in [-0.1, -0.05) is 0 Å². The van der Waals surface area contributed by atoms with Crippen molar-refractivity contribution in [2.24, 2.45) is 0 Å². The number of aromatic amines is 1. The normalized spacial score (nSPS) is 19.0. The highest BCUT2D eigenvalue weighted by Crippen LogP contribution is 2.13. The number of H-pyrrole nitrogens is 1. The number of imidazole rings is 1. The maximum absolute atomic E-state index is 12.8. The van der Waals surface area contributed by atoms with Crippen LogP contribution in [0.2, 0.25) is 0 Å². The molecule has 1 saturated heterocycles. The number of hydrogen-bond donors (Lipinski definition) is 1. The summed E-state index contributed by atoms with van der Waals surface area (Å²) in [6.07, 6.45) is 1.73. The lowest BCUT2D eigenvalue weighted by atomic mass is 10.1. The van der Waals surface area contributed by atoms with Crippen LogP contribution in [0.15, 0.2) is 6.20 Å². The molecule has 0 spiro atoms. The molecular weight excluding hydrogens is 298 g/mol. The molecule has 1 aliphatic heterocycles. The van der Waals surface area contributed by atoms with E-state index in [1.165, 1.54) is 7.11 Å². The number of nitrogens with one attached hydrogen (secondary N) is 1. The van der Waals surface area contributed by atoms with Gasteiger partial charge >= 0.3 is 0 Å². The fourth-order valence-corrected chi connectivity index (χ4v) is 2.74. The molecule has 128 valence electrons. The molecule has 23 heavy (non-hydrogen) atoms. The number of methoxy groups -OCH3 is 1. The smallest absolute Gasteiger partial charge is 0.249 e. The summed E-state index contributed by atoms with van der Waals surface area (Å²) in [4.78, 5) is 37.6. The number of aromatic nitrogens is 2. The van der Waals surface area contributed by atoms with E-state index < -0.39 is 6.04 Å². The van der Waals surface area contributed by atoms with E-state index in [2.05, 4.69) is 14.9 Å². The first-order valence-corrected chi connectivity index (χ1v) is 7.64. The molecule has 0 bridgehead atoms. The Labute approximate surface area is 136 Å². The molecule has 0 aliphatic carbocycles. The topological polar surface area (TPSA) is 81.8 Å². The van der Waals surface area contributed by atoms with E-state index in [0.29, 0.717) is 19.6 Å². The molecule has 1 fully saturated rings. The van der Waals surface area contributed by atoms with Crippen LogP contribution in [0.1, 0.15) is 11.5 Å². The van der Waals surface area contributed by atoms with Crippen molar-refractivity contribution >= 4 is 11.8 Å². The first-order chi connectivity index (χ1) is 10.9. The molecule has 2 rings (SSSR count). The third-order valence-electron chi connectivity index (χ3n) is 3.98. The second-order valence-electron chi connectivity index (χ2n) is 6.01. The highest BCUT2D eigenvalue weighted by molar-refractivity contribution is 5.88. The Morgan fingerprint density at radius 3 is 2.83 bits per heavy atom.